The quantitative estimate of drug-likeness (QED) is 0.684. The van der Waals surface area contributed by atoms with Gasteiger partial charge in [-0.1, -0.05) is 12.1 Å². The Labute approximate surface area is 119 Å². The van der Waals surface area contributed by atoms with Crippen molar-refractivity contribution >= 4 is 11.6 Å². The summed E-state index contributed by atoms with van der Waals surface area (Å²) in [5.41, 5.74) is 2.14. The zero-order valence-electron chi connectivity index (χ0n) is 11.0. The molecule has 108 valence electrons. The number of nitrogens with one attached hydrogen (secondary N) is 1. The van der Waals surface area contributed by atoms with Crippen molar-refractivity contribution in [3.8, 4) is 0 Å². The van der Waals surface area contributed by atoms with Gasteiger partial charge in [0, 0.05) is 11.6 Å². The van der Waals surface area contributed by atoms with Gasteiger partial charge in [0.25, 0.3) is 5.91 Å². The molecule has 21 heavy (non-hydrogen) atoms. The lowest BCUT2D eigenvalue weighted by Crippen LogP contribution is -2.20. The fourth-order valence-corrected chi connectivity index (χ4v) is 1.68. The Hall–Kier alpha value is -2.63. The Morgan fingerprint density at radius 3 is 2.38 bits per heavy atom. The summed E-state index contributed by atoms with van der Waals surface area (Å²) in [5, 5.41) is 3.69. The van der Waals surface area contributed by atoms with Gasteiger partial charge in [-0.3, -0.25) is 4.79 Å². The second kappa shape index (κ2) is 6.21. The molecule has 0 radical (unpaired) electrons. The second-order valence-corrected chi connectivity index (χ2v) is 4.24. The fraction of sp³-hybridized carbons (Fsp3) is 0.0667. The van der Waals surface area contributed by atoms with Crippen LogP contribution in [0.1, 0.15) is 22.8 Å². The maximum atomic E-state index is 13.5. The molecule has 2 aromatic rings. The van der Waals surface area contributed by atoms with E-state index in [9.17, 15) is 18.0 Å². The molecule has 0 saturated heterocycles. The first-order chi connectivity index (χ1) is 9.99. The third-order valence-electron chi connectivity index (χ3n) is 2.76. The number of halogens is 3. The minimum atomic E-state index is -0.795. The van der Waals surface area contributed by atoms with Gasteiger partial charge in [-0.2, -0.15) is 5.10 Å². The van der Waals surface area contributed by atoms with Crippen LogP contribution in [0, 0.1) is 17.5 Å². The largest absolute Gasteiger partial charge is 0.274 e. The van der Waals surface area contributed by atoms with Crippen molar-refractivity contribution in [2.24, 2.45) is 5.10 Å². The van der Waals surface area contributed by atoms with Crippen molar-refractivity contribution in [2.45, 2.75) is 6.92 Å². The molecule has 0 aliphatic heterocycles. The molecule has 2 aromatic carbocycles. The molecule has 3 nitrogen and oxygen atoms in total. The van der Waals surface area contributed by atoms with Gasteiger partial charge in [0.1, 0.15) is 17.5 Å². The highest BCUT2D eigenvalue weighted by Gasteiger charge is 2.11. The van der Waals surface area contributed by atoms with Gasteiger partial charge in [-0.25, -0.2) is 18.6 Å². The van der Waals surface area contributed by atoms with E-state index in [0.29, 0.717) is 6.07 Å². The van der Waals surface area contributed by atoms with Gasteiger partial charge in [0.15, 0.2) is 0 Å². The average molecular weight is 292 g/mol. The molecule has 6 heteroatoms. The number of hydrogen-bond donors (Lipinski definition) is 1. The van der Waals surface area contributed by atoms with E-state index in [1.807, 2.05) is 0 Å². The van der Waals surface area contributed by atoms with Crippen molar-refractivity contribution in [2.75, 3.05) is 0 Å². The van der Waals surface area contributed by atoms with E-state index in [1.54, 1.807) is 0 Å². The molecule has 1 amide bonds. The molecular formula is C15H11F3N2O. The standard InChI is InChI=1S/C15H11F3N2O/c1-9(11-7-6-10(16)8-14(11)18)19-20-15(21)12-4-2-3-5-13(12)17/h2-8H,1H3,(H,20,21)/b19-9+. The molecule has 0 aromatic heterocycles. The monoisotopic (exact) mass is 292 g/mol. The normalized spacial score (nSPS) is 11.3. The molecular weight excluding hydrogens is 281 g/mol. The molecule has 0 fully saturated rings. The zero-order chi connectivity index (χ0) is 15.4. The summed E-state index contributed by atoms with van der Waals surface area (Å²) < 4.78 is 39.7. The Kier molecular flexibility index (Phi) is 4.37. The summed E-state index contributed by atoms with van der Waals surface area (Å²) in [6.07, 6.45) is 0. The molecule has 0 unspecified atom stereocenters. The number of rotatable bonds is 3. The third kappa shape index (κ3) is 3.47. The van der Waals surface area contributed by atoms with Gasteiger partial charge >= 0.3 is 0 Å². The molecule has 0 saturated carbocycles. The lowest BCUT2D eigenvalue weighted by Gasteiger charge is -2.05. The number of benzene rings is 2. The first-order valence-electron chi connectivity index (χ1n) is 6.03. The topological polar surface area (TPSA) is 41.5 Å². The second-order valence-electron chi connectivity index (χ2n) is 4.24. The van der Waals surface area contributed by atoms with E-state index >= 15 is 0 Å². The summed E-state index contributed by atoms with van der Waals surface area (Å²) in [7, 11) is 0. The number of hydrazone groups is 1. The average Bonchev–Trinajstić information content (AvgIpc) is 2.45. The SMILES string of the molecule is C/C(=N\NC(=O)c1ccccc1F)c1ccc(F)cc1F. The lowest BCUT2D eigenvalue weighted by molar-refractivity contribution is 0.0951. The molecule has 0 bridgehead atoms. The molecule has 0 aliphatic carbocycles. The predicted octanol–water partition coefficient (Wildman–Crippen LogP) is 3.26. The highest BCUT2D eigenvalue weighted by Crippen LogP contribution is 2.11. The van der Waals surface area contributed by atoms with Gasteiger partial charge < -0.3 is 0 Å². The summed E-state index contributed by atoms with van der Waals surface area (Å²) in [5.74, 6) is -2.94. The third-order valence-corrected chi connectivity index (χ3v) is 2.76. The van der Waals surface area contributed by atoms with Crippen LogP contribution in [0.2, 0.25) is 0 Å². The van der Waals surface area contributed by atoms with Gasteiger partial charge in [0.05, 0.1) is 11.3 Å². The maximum absolute atomic E-state index is 13.5. The van der Waals surface area contributed by atoms with Crippen molar-refractivity contribution in [3.05, 3.63) is 71.0 Å². The van der Waals surface area contributed by atoms with Crippen LogP contribution in [-0.2, 0) is 0 Å². The molecule has 1 N–H and O–H groups in total. The number of nitrogens with zero attached hydrogens (tertiary/aromatic N) is 1. The lowest BCUT2D eigenvalue weighted by atomic mass is 10.1. The molecule has 0 heterocycles. The number of hydrogen-bond acceptors (Lipinski definition) is 2. The van der Waals surface area contributed by atoms with Gasteiger partial charge in [-0.15, -0.1) is 0 Å². The smallest absolute Gasteiger partial charge is 0.267 e. The summed E-state index contributed by atoms with van der Waals surface area (Å²) in [4.78, 5) is 11.7. The number of carbonyl (C=O) groups excluding carboxylic acids is 1. The van der Waals surface area contributed by atoms with E-state index in [2.05, 4.69) is 10.5 Å². The Bertz CT molecular complexity index is 714. The Morgan fingerprint density at radius 2 is 1.71 bits per heavy atom. The Morgan fingerprint density at radius 1 is 1.00 bits per heavy atom. The summed E-state index contributed by atoms with van der Waals surface area (Å²) >= 11 is 0. The highest BCUT2D eigenvalue weighted by atomic mass is 19.1. The van der Waals surface area contributed by atoms with E-state index in [-0.39, 0.29) is 16.8 Å². The minimum Gasteiger partial charge on any atom is -0.267 e. The molecule has 2 rings (SSSR count). The first kappa shape index (κ1) is 14.8. The van der Waals surface area contributed by atoms with Crippen LogP contribution in [0.5, 0.6) is 0 Å². The molecule has 0 aliphatic rings. The summed E-state index contributed by atoms with van der Waals surface area (Å²) in [6, 6.07) is 8.41. The number of carbonyl (C=O) groups is 1. The highest BCUT2D eigenvalue weighted by molar-refractivity contribution is 6.01. The fourth-order valence-electron chi connectivity index (χ4n) is 1.68. The first-order valence-corrected chi connectivity index (χ1v) is 6.03. The van der Waals surface area contributed by atoms with E-state index in [1.165, 1.54) is 31.2 Å². The van der Waals surface area contributed by atoms with Crippen LogP contribution < -0.4 is 5.43 Å². The van der Waals surface area contributed by atoms with E-state index in [4.69, 9.17) is 0 Å². The van der Waals surface area contributed by atoms with Gasteiger partial charge in [0.2, 0.25) is 0 Å². The molecule has 0 spiro atoms. The van der Waals surface area contributed by atoms with Crippen molar-refractivity contribution in [1.82, 2.24) is 5.43 Å². The van der Waals surface area contributed by atoms with Crippen LogP contribution >= 0.6 is 0 Å². The van der Waals surface area contributed by atoms with Crippen LogP contribution in [-0.4, -0.2) is 11.6 Å². The van der Waals surface area contributed by atoms with Crippen molar-refractivity contribution in [1.29, 1.82) is 0 Å². The maximum Gasteiger partial charge on any atom is 0.274 e. The summed E-state index contributed by atoms with van der Waals surface area (Å²) in [6.45, 7) is 1.44. The van der Waals surface area contributed by atoms with Crippen LogP contribution in [0.4, 0.5) is 13.2 Å². The zero-order valence-corrected chi connectivity index (χ0v) is 11.0. The van der Waals surface area contributed by atoms with Crippen molar-refractivity contribution in [3.63, 3.8) is 0 Å². The Balaban J connectivity index is 2.17. The van der Waals surface area contributed by atoms with Crippen LogP contribution in [0.15, 0.2) is 47.6 Å². The van der Waals surface area contributed by atoms with E-state index < -0.39 is 23.4 Å². The molecule has 0 atom stereocenters. The minimum absolute atomic E-state index is 0.0465. The number of amides is 1. The van der Waals surface area contributed by atoms with Crippen LogP contribution in [0.25, 0.3) is 0 Å². The van der Waals surface area contributed by atoms with Gasteiger partial charge in [-0.05, 0) is 31.2 Å². The predicted molar refractivity (Wildman–Crippen MR) is 72.4 cm³/mol. The van der Waals surface area contributed by atoms with Crippen molar-refractivity contribution < 1.29 is 18.0 Å². The van der Waals surface area contributed by atoms with Crippen LogP contribution in [0.3, 0.4) is 0 Å². The van der Waals surface area contributed by atoms with E-state index in [0.717, 1.165) is 12.1 Å².